The van der Waals surface area contributed by atoms with Gasteiger partial charge in [-0.15, -0.1) is 10.2 Å². The lowest BCUT2D eigenvalue weighted by Crippen LogP contribution is -2.14. The number of methoxy groups -OCH3 is 1. The average molecular weight is 407 g/mol. The Bertz CT molecular complexity index is 904. The third-order valence-corrected chi connectivity index (χ3v) is 5.53. The van der Waals surface area contributed by atoms with Gasteiger partial charge in [-0.3, -0.25) is 4.79 Å². The van der Waals surface area contributed by atoms with Gasteiger partial charge in [-0.1, -0.05) is 59.0 Å². The van der Waals surface area contributed by atoms with Crippen LogP contribution in [-0.4, -0.2) is 29.0 Å². The number of benzene rings is 2. The van der Waals surface area contributed by atoms with Crippen molar-refractivity contribution in [2.45, 2.75) is 4.34 Å². The number of rotatable bonds is 7. The summed E-state index contributed by atoms with van der Waals surface area (Å²) in [5.41, 5.74) is 1.40. The van der Waals surface area contributed by atoms with Gasteiger partial charge in [-0.25, -0.2) is 0 Å². The van der Waals surface area contributed by atoms with Crippen LogP contribution < -0.4 is 15.4 Å². The van der Waals surface area contributed by atoms with Crippen LogP contribution >= 0.6 is 34.7 Å². The number of nitrogens with zero attached hydrogens (tertiary/aromatic N) is 2. The molecular weight excluding hydrogens is 392 g/mol. The van der Waals surface area contributed by atoms with Crippen molar-refractivity contribution >= 4 is 57.1 Å². The Hall–Kier alpha value is -2.29. The predicted octanol–water partition coefficient (Wildman–Crippen LogP) is 4.67. The first-order valence-electron chi connectivity index (χ1n) is 7.56. The lowest BCUT2D eigenvalue weighted by molar-refractivity contribution is -0.113. The van der Waals surface area contributed by atoms with E-state index in [-0.39, 0.29) is 11.7 Å². The van der Waals surface area contributed by atoms with Gasteiger partial charge in [0.1, 0.15) is 5.75 Å². The van der Waals surface area contributed by atoms with E-state index in [1.807, 2.05) is 36.4 Å². The number of amides is 1. The van der Waals surface area contributed by atoms with Gasteiger partial charge < -0.3 is 15.4 Å². The fraction of sp³-hybridized carbons (Fsp3) is 0.118. The molecule has 2 aromatic carbocycles. The molecule has 134 valence electrons. The summed E-state index contributed by atoms with van der Waals surface area (Å²) in [5.74, 6) is 0.780. The molecule has 3 rings (SSSR count). The fourth-order valence-corrected chi connectivity index (χ4v) is 3.81. The molecular formula is C17H15ClN4O2S2. The lowest BCUT2D eigenvalue weighted by Gasteiger charge is -2.07. The van der Waals surface area contributed by atoms with Crippen LogP contribution in [0.2, 0.25) is 5.02 Å². The van der Waals surface area contributed by atoms with E-state index in [0.29, 0.717) is 20.2 Å². The Kier molecular flexibility index (Phi) is 6.32. The van der Waals surface area contributed by atoms with Crippen LogP contribution in [0.3, 0.4) is 0 Å². The van der Waals surface area contributed by atoms with Crippen LogP contribution in [-0.2, 0) is 4.79 Å². The molecule has 0 fully saturated rings. The first kappa shape index (κ1) is 18.5. The summed E-state index contributed by atoms with van der Waals surface area (Å²) in [5, 5.41) is 15.3. The molecule has 1 aromatic heterocycles. The van der Waals surface area contributed by atoms with Crippen molar-refractivity contribution in [2.75, 3.05) is 23.5 Å². The van der Waals surface area contributed by atoms with Gasteiger partial charge >= 0.3 is 0 Å². The summed E-state index contributed by atoms with van der Waals surface area (Å²) in [4.78, 5) is 12.1. The molecule has 0 aliphatic rings. The zero-order valence-corrected chi connectivity index (χ0v) is 16.1. The van der Waals surface area contributed by atoms with E-state index in [1.54, 1.807) is 19.2 Å². The Morgan fingerprint density at radius 3 is 2.65 bits per heavy atom. The minimum atomic E-state index is -0.155. The summed E-state index contributed by atoms with van der Waals surface area (Å²) >= 11 is 8.71. The summed E-state index contributed by atoms with van der Waals surface area (Å²) in [7, 11) is 1.61. The number of aromatic nitrogens is 2. The standard InChI is InChI=1S/C17H15ClN4O2S2/c1-24-14-9-5-4-8-13(14)20-16-21-22-17(26-16)25-10-15(23)19-12-7-3-2-6-11(12)18/h2-9H,10H2,1H3,(H,19,23)(H,20,21). The van der Waals surface area contributed by atoms with Crippen molar-refractivity contribution in [3.63, 3.8) is 0 Å². The number of carbonyl (C=O) groups excluding carboxylic acids is 1. The highest BCUT2D eigenvalue weighted by Gasteiger charge is 2.11. The smallest absolute Gasteiger partial charge is 0.234 e. The normalized spacial score (nSPS) is 10.4. The molecule has 1 amide bonds. The maximum atomic E-state index is 12.1. The summed E-state index contributed by atoms with van der Waals surface area (Å²) in [6.07, 6.45) is 0. The van der Waals surface area contributed by atoms with Gasteiger partial charge in [0.2, 0.25) is 11.0 Å². The monoisotopic (exact) mass is 406 g/mol. The van der Waals surface area contributed by atoms with Crippen LogP contribution in [0, 0.1) is 0 Å². The second-order valence-corrected chi connectivity index (χ2v) is 7.62. The molecule has 0 bridgehead atoms. The van der Waals surface area contributed by atoms with Gasteiger partial charge in [0, 0.05) is 0 Å². The van der Waals surface area contributed by atoms with Crippen molar-refractivity contribution in [2.24, 2.45) is 0 Å². The van der Waals surface area contributed by atoms with Crippen molar-refractivity contribution in [3.05, 3.63) is 53.6 Å². The first-order valence-corrected chi connectivity index (χ1v) is 9.74. The Labute approximate surface area is 163 Å². The van der Waals surface area contributed by atoms with Gasteiger partial charge in [0.05, 0.1) is 29.3 Å². The number of ether oxygens (including phenoxy) is 1. The third-order valence-electron chi connectivity index (χ3n) is 3.23. The Balaban J connectivity index is 1.55. The number of thioether (sulfide) groups is 1. The van der Waals surface area contributed by atoms with Crippen LogP contribution in [0.5, 0.6) is 5.75 Å². The van der Waals surface area contributed by atoms with Crippen molar-refractivity contribution in [1.82, 2.24) is 10.2 Å². The Morgan fingerprint density at radius 2 is 1.88 bits per heavy atom. The van der Waals surface area contributed by atoms with Crippen LogP contribution in [0.1, 0.15) is 0 Å². The van der Waals surface area contributed by atoms with Crippen LogP contribution in [0.4, 0.5) is 16.5 Å². The molecule has 6 nitrogen and oxygen atoms in total. The molecule has 0 aliphatic heterocycles. The van der Waals surface area contributed by atoms with E-state index in [4.69, 9.17) is 16.3 Å². The minimum Gasteiger partial charge on any atom is -0.495 e. The van der Waals surface area contributed by atoms with E-state index >= 15 is 0 Å². The molecule has 0 radical (unpaired) electrons. The van der Waals surface area contributed by atoms with E-state index in [1.165, 1.54) is 23.1 Å². The zero-order chi connectivity index (χ0) is 18.4. The van der Waals surface area contributed by atoms with E-state index in [0.717, 1.165) is 11.4 Å². The van der Waals surface area contributed by atoms with Crippen molar-refractivity contribution in [3.8, 4) is 5.75 Å². The second kappa shape index (κ2) is 8.88. The largest absolute Gasteiger partial charge is 0.495 e. The topological polar surface area (TPSA) is 76.1 Å². The summed E-state index contributed by atoms with van der Waals surface area (Å²) < 4.78 is 5.99. The molecule has 3 aromatic rings. The minimum absolute atomic E-state index is 0.155. The number of hydrogen-bond acceptors (Lipinski definition) is 7. The second-order valence-electron chi connectivity index (χ2n) is 5.02. The third kappa shape index (κ3) is 4.87. The number of halogens is 1. The van der Waals surface area contributed by atoms with E-state index in [9.17, 15) is 4.79 Å². The molecule has 0 atom stereocenters. The first-order chi connectivity index (χ1) is 12.7. The average Bonchev–Trinajstić information content (AvgIpc) is 3.10. The summed E-state index contributed by atoms with van der Waals surface area (Å²) in [6, 6.07) is 14.7. The van der Waals surface area contributed by atoms with Gasteiger partial charge in [0.15, 0.2) is 4.34 Å². The maximum Gasteiger partial charge on any atom is 0.234 e. The van der Waals surface area contributed by atoms with Crippen molar-refractivity contribution in [1.29, 1.82) is 0 Å². The molecule has 0 saturated carbocycles. The van der Waals surface area contributed by atoms with Crippen LogP contribution in [0.15, 0.2) is 52.9 Å². The fourth-order valence-electron chi connectivity index (χ4n) is 2.06. The number of para-hydroxylation sites is 3. The molecule has 9 heteroatoms. The number of hydrogen-bond donors (Lipinski definition) is 2. The number of nitrogens with one attached hydrogen (secondary N) is 2. The van der Waals surface area contributed by atoms with Crippen molar-refractivity contribution < 1.29 is 9.53 Å². The highest BCUT2D eigenvalue weighted by molar-refractivity contribution is 8.01. The highest BCUT2D eigenvalue weighted by Crippen LogP contribution is 2.31. The van der Waals surface area contributed by atoms with Crippen LogP contribution in [0.25, 0.3) is 0 Å². The quantitative estimate of drug-likeness (QED) is 0.555. The zero-order valence-electron chi connectivity index (χ0n) is 13.7. The molecule has 0 spiro atoms. The SMILES string of the molecule is COc1ccccc1Nc1nnc(SCC(=O)Nc2ccccc2Cl)s1. The molecule has 2 N–H and O–H groups in total. The molecule has 0 unspecified atom stereocenters. The summed E-state index contributed by atoms with van der Waals surface area (Å²) in [6.45, 7) is 0. The highest BCUT2D eigenvalue weighted by atomic mass is 35.5. The lowest BCUT2D eigenvalue weighted by atomic mass is 10.3. The molecule has 0 saturated heterocycles. The van der Waals surface area contributed by atoms with E-state index in [2.05, 4.69) is 20.8 Å². The molecule has 0 aliphatic carbocycles. The molecule has 1 heterocycles. The molecule has 26 heavy (non-hydrogen) atoms. The number of carbonyl (C=O) groups is 1. The maximum absolute atomic E-state index is 12.1. The predicted molar refractivity (Wildman–Crippen MR) is 107 cm³/mol. The van der Waals surface area contributed by atoms with Gasteiger partial charge in [-0.2, -0.15) is 0 Å². The van der Waals surface area contributed by atoms with Gasteiger partial charge in [0.25, 0.3) is 0 Å². The number of anilines is 3. The van der Waals surface area contributed by atoms with E-state index < -0.39 is 0 Å². The van der Waals surface area contributed by atoms with Gasteiger partial charge in [-0.05, 0) is 24.3 Å². The Morgan fingerprint density at radius 1 is 1.15 bits per heavy atom.